The lowest BCUT2D eigenvalue weighted by Crippen LogP contribution is -2.42. The molecule has 0 radical (unpaired) electrons. The first-order valence-corrected chi connectivity index (χ1v) is 9.71. The molecular weight excluding hydrogens is 406 g/mol. The van der Waals surface area contributed by atoms with Crippen molar-refractivity contribution in [2.24, 2.45) is 0 Å². The van der Waals surface area contributed by atoms with Gasteiger partial charge in [0.15, 0.2) is 24.0 Å². The molecule has 29 heavy (non-hydrogen) atoms. The van der Waals surface area contributed by atoms with E-state index in [-0.39, 0.29) is 12.1 Å². The Kier molecular flexibility index (Phi) is 5.27. The summed E-state index contributed by atoms with van der Waals surface area (Å²) in [6, 6.07) is 11.0. The molecule has 0 aliphatic carbocycles. The number of carbonyl (C=O) groups is 1. The molecule has 0 bridgehead atoms. The zero-order chi connectivity index (χ0) is 20.5. The lowest BCUT2D eigenvalue weighted by molar-refractivity contribution is -0.135. The maximum Gasteiger partial charge on any atom is 0.261 e. The van der Waals surface area contributed by atoms with E-state index >= 15 is 0 Å². The van der Waals surface area contributed by atoms with E-state index < -0.39 is 41.5 Å². The van der Waals surface area contributed by atoms with Crippen molar-refractivity contribution in [3.63, 3.8) is 0 Å². The summed E-state index contributed by atoms with van der Waals surface area (Å²) in [4.78, 5) is 15.6. The Morgan fingerprint density at radius 2 is 1.76 bits per heavy atom. The zero-order valence-electron chi connectivity index (χ0n) is 15.0. The normalized spacial score (nSPS) is 15.9. The number of thiophene rings is 1. The summed E-state index contributed by atoms with van der Waals surface area (Å²) in [6.45, 7) is -0.364. The van der Waals surface area contributed by atoms with E-state index in [0.717, 1.165) is 16.0 Å². The van der Waals surface area contributed by atoms with Gasteiger partial charge in [-0.3, -0.25) is 4.79 Å². The van der Waals surface area contributed by atoms with Gasteiger partial charge in [-0.2, -0.15) is 8.78 Å². The Balaban J connectivity index is 1.60. The van der Waals surface area contributed by atoms with Gasteiger partial charge in [0.2, 0.25) is 11.6 Å². The van der Waals surface area contributed by atoms with E-state index in [9.17, 15) is 22.4 Å². The molecular formula is C21H15F4NO2S. The summed E-state index contributed by atoms with van der Waals surface area (Å²) in [7, 11) is 0. The zero-order valence-corrected chi connectivity index (χ0v) is 15.8. The number of rotatable bonds is 4. The fourth-order valence-electron chi connectivity index (χ4n) is 3.47. The second-order valence-electron chi connectivity index (χ2n) is 6.54. The van der Waals surface area contributed by atoms with Crippen LogP contribution in [0.15, 0.2) is 47.8 Å². The van der Waals surface area contributed by atoms with Crippen molar-refractivity contribution >= 4 is 17.2 Å². The van der Waals surface area contributed by atoms with Gasteiger partial charge < -0.3 is 9.64 Å². The van der Waals surface area contributed by atoms with Crippen molar-refractivity contribution in [1.29, 1.82) is 0 Å². The molecule has 150 valence electrons. The quantitative estimate of drug-likeness (QED) is 0.445. The molecule has 0 N–H and O–H groups in total. The highest BCUT2D eigenvalue weighted by Gasteiger charge is 2.33. The molecule has 4 rings (SSSR count). The number of ether oxygens (including phenoxy) is 1. The van der Waals surface area contributed by atoms with E-state index in [1.54, 1.807) is 16.2 Å². The van der Waals surface area contributed by atoms with Crippen LogP contribution in [0.5, 0.6) is 5.75 Å². The number of halogens is 4. The van der Waals surface area contributed by atoms with E-state index in [1.807, 2.05) is 41.8 Å². The largest absolute Gasteiger partial charge is 0.477 e. The lowest BCUT2D eigenvalue weighted by Gasteiger charge is -2.36. The Bertz CT molecular complexity index is 1030. The SMILES string of the molecule is O=C(COc1c(F)c(F)cc(F)c1F)N1CCc2sccc2C1c1ccccc1. The Morgan fingerprint density at radius 3 is 2.45 bits per heavy atom. The molecule has 8 heteroatoms. The molecule has 1 unspecified atom stereocenters. The molecule has 2 heterocycles. The summed E-state index contributed by atoms with van der Waals surface area (Å²) in [6.07, 6.45) is 0.638. The highest BCUT2D eigenvalue weighted by atomic mass is 32.1. The molecule has 2 aromatic carbocycles. The number of hydrogen-bond acceptors (Lipinski definition) is 3. The third kappa shape index (κ3) is 3.60. The van der Waals surface area contributed by atoms with Crippen molar-refractivity contribution in [2.75, 3.05) is 13.2 Å². The van der Waals surface area contributed by atoms with Crippen molar-refractivity contribution < 1.29 is 27.1 Å². The van der Waals surface area contributed by atoms with Crippen molar-refractivity contribution in [3.8, 4) is 5.75 Å². The molecule has 1 aromatic heterocycles. The van der Waals surface area contributed by atoms with E-state index in [1.165, 1.54) is 0 Å². The van der Waals surface area contributed by atoms with E-state index in [2.05, 4.69) is 0 Å². The predicted molar refractivity (Wildman–Crippen MR) is 99.8 cm³/mol. The third-order valence-corrected chi connectivity index (χ3v) is 5.81. The Morgan fingerprint density at radius 1 is 1.07 bits per heavy atom. The number of carbonyl (C=O) groups excluding carboxylic acids is 1. The number of fused-ring (bicyclic) bond motifs is 1. The molecule has 1 aliphatic rings. The van der Waals surface area contributed by atoms with Crippen LogP contribution < -0.4 is 4.74 Å². The van der Waals surface area contributed by atoms with Crippen molar-refractivity contribution in [3.05, 3.63) is 87.1 Å². The van der Waals surface area contributed by atoms with Crippen LogP contribution in [0, 0.1) is 23.3 Å². The Hall–Kier alpha value is -2.87. The average molecular weight is 421 g/mol. The third-order valence-electron chi connectivity index (χ3n) is 4.81. The number of nitrogens with zero attached hydrogens (tertiary/aromatic N) is 1. The van der Waals surface area contributed by atoms with E-state index in [0.29, 0.717) is 13.0 Å². The molecule has 3 aromatic rings. The van der Waals surface area contributed by atoms with Gasteiger partial charge in [0.05, 0.1) is 6.04 Å². The van der Waals surface area contributed by atoms with Gasteiger partial charge >= 0.3 is 0 Å². The van der Waals surface area contributed by atoms with Crippen LogP contribution in [0.2, 0.25) is 0 Å². The van der Waals surface area contributed by atoms with Crippen LogP contribution in [0.3, 0.4) is 0 Å². The van der Waals surface area contributed by atoms with Crippen LogP contribution in [-0.2, 0) is 11.2 Å². The lowest BCUT2D eigenvalue weighted by atomic mass is 9.93. The van der Waals surface area contributed by atoms with Gasteiger partial charge in [-0.15, -0.1) is 11.3 Å². The minimum Gasteiger partial charge on any atom is -0.477 e. The van der Waals surface area contributed by atoms with Crippen LogP contribution in [0.4, 0.5) is 17.6 Å². The maximum absolute atomic E-state index is 13.8. The van der Waals surface area contributed by atoms with Crippen molar-refractivity contribution in [1.82, 2.24) is 4.90 Å². The standard InChI is InChI=1S/C21H15F4NO2S/c22-14-10-15(23)19(25)21(18(14)24)28-11-17(27)26-8-6-16-13(7-9-29-16)20(26)12-4-2-1-3-5-12/h1-5,7,9-10,20H,6,8,11H2. The first-order valence-electron chi connectivity index (χ1n) is 8.84. The fourth-order valence-corrected chi connectivity index (χ4v) is 4.38. The summed E-state index contributed by atoms with van der Waals surface area (Å²) in [5, 5.41) is 1.95. The summed E-state index contributed by atoms with van der Waals surface area (Å²) in [5.41, 5.74) is 1.87. The van der Waals surface area contributed by atoms with Crippen LogP contribution in [-0.4, -0.2) is 24.0 Å². The highest BCUT2D eigenvalue weighted by Crippen LogP contribution is 2.38. The average Bonchev–Trinajstić information content (AvgIpc) is 3.21. The molecule has 0 fully saturated rings. The van der Waals surface area contributed by atoms with Crippen LogP contribution >= 0.6 is 11.3 Å². The minimum atomic E-state index is -1.67. The van der Waals surface area contributed by atoms with Gasteiger partial charge in [0.1, 0.15) is 0 Å². The van der Waals surface area contributed by atoms with Crippen LogP contribution in [0.1, 0.15) is 22.0 Å². The maximum atomic E-state index is 13.8. The second-order valence-corrected chi connectivity index (χ2v) is 7.54. The van der Waals surface area contributed by atoms with Gasteiger partial charge in [0.25, 0.3) is 5.91 Å². The first-order chi connectivity index (χ1) is 14.0. The number of hydrogen-bond donors (Lipinski definition) is 0. The molecule has 0 saturated carbocycles. The molecule has 0 spiro atoms. The highest BCUT2D eigenvalue weighted by molar-refractivity contribution is 7.10. The predicted octanol–water partition coefficient (Wildman–Crippen LogP) is 4.86. The van der Waals surface area contributed by atoms with Gasteiger partial charge in [-0.1, -0.05) is 30.3 Å². The number of benzene rings is 2. The Labute approximate surface area is 168 Å². The van der Waals surface area contributed by atoms with Gasteiger partial charge in [0, 0.05) is 17.5 Å². The second kappa shape index (κ2) is 7.87. The van der Waals surface area contributed by atoms with Gasteiger partial charge in [-0.25, -0.2) is 8.78 Å². The summed E-state index contributed by atoms with van der Waals surface area (Å²) in [5.74, 6) is -8.30. The number of amides is 1. The smallest absolute Gasteiger partial charge is 0.261 e. The molecule has 1 amide bonds. The van der Waals surface area contributed by atoms with Crippen molar-refractivity contribution in [2.45, 2.75) is 12.5 Å². The topological polar surface area (TPSA) is 29.5 Å². The summed E-state index contributed by atoms with van der Waals surface area (Å²) < 4.78 is 59.2. The summed E-state index contributed by atoms with van der Waals surface area (Å²) >= 11 is 1.60. The minimum absolute atomic E-state index is 0.0908. The first kappa shape index (κ1) is 19.4. The molecule has 0 saturated heterocycles. The van der Waals surface area contributed by atoms with Gasteiger partial charge in [-0.05, 0) is 29.0 Å². The van der Waals surface area contributed by atoms with Crippen LogP contribution in [0.25, 0.3) is 0 Å². The fraction of sp³-hybridized carbons (Fsp3) is 0.190. The van der Waals surface area contributed by atoms with E-state index in [4.69, 9.17) is 4.74 Å². The molecule has 1 aliphatic heterocycles. The molecule has 3 nitrogen and oxygen atoms in total. The monoisotopic (exact) mass is 421 g/mol. The molecule has 1 atom stereocenters.